The molecule has 24 heavy (non-hydrogen) atoms. The average Bonchev–Trinajstić information content (AvgIpc) is 2.98. The fourth-order valence-corrected chi connectivity index (χ4v) is 5.40. The maximum atomic E-state index is 13.0. The van der Waals surface area contributed by atoms with Crippen molar-refractivity contribution in [2.24, 2.45) is 0 Å². The van der Waals surface area contributed by atoms with Crippen LogP contribution in [0.15, 0.2) is 61.7 Å². The number of sulfonamides is 1. The van der Waals surface area contributed by atoms with Crippen LogP contribution >= 0.6 is 43.2 Å². The van der Waals surface area contributed by atoms with E-state index in [1.165, 1.54) is 18.2 Å². The van der Waals surface area contributed by atoms with Crippen LogP contribution in [-0.4, -0.2) is 13.4 Å². The predicted molar refractivity (Wildman–Crippen MR) is 100 cm³/mol. The number of aromatic nitrogens is 1. The standard InChI is InChI=1S/C15H9Br2FN2O2S2/c16-10-3-6-12(17)14(7-10)24(21,22)20-15-19-13(8-23-15)9-1-4-11(18)5-2-9/h1-8H,(H,19,20). The number of halogens is 3. The van der Waals surface area contributed by atoms with E-state index in [0.717, 1.165) is 11.3 Å². The normalized spacial score (nSPS) is 11.5. The zero-order chi connectivity index (χ0) is 17.3. The molecule has 0 amide bonds. The van der Waals surface area contributed by atoms with Crippen molar-refractivity contribution in [3.8, 4) is 11.3 Å². The first-order valence-electron chi connectivity index (χ1n) is 6.54. The van der Waals surface area contributed by atoms with Crippen LogP contribution in [0.4, 0.5) is 9.52 Å². The van der Waals surface area contributed by atoms with E-state index in [1.54, 1.807) is 29.6 Å². The van der Waals surface area contributed by atoms with Crippen LogP contribution in [0.25, 0.3) is 11.3 Å². The molecule has 3 aromatic rings. The van der Waals surface area contributed by atoms with Crippen LogP contribution in [0.2, 0.25) is 0 Å². The number of nitrogens with zero attached hydrogens (tertiary/aromatic N) is 1. The molecule has 1 N–H and O–H groups in total. The molecule has 1 aromatic heterocycles. The molecule has 9 heteroatoms. The third-order valence-corrected chi connectivity index (χ3v) is 6.76. The number of thiazole rings is 1. The van der Waals surface area contributed by atoms with Crippen molar-refractivity contribution in [2.45, 2.75) is 4.90 Å². The lowest BCUT2D eigenvalue weighted by Gasteiger charge is -2.07. The number of benzene rings is 2. The van der Waals surface area contributed by atoms with Crippen molar-refractivity contribution in [2.75, 3.05) is 4.72 Å². The molecule has 0 aliphatic rings. The van der Waals surface area contributed by atoms with Crippen molar-refractivity contribution < 1.29 is 12.8 Å². The monoisotopic (exact) mass is 490 g/mol. The summed E-state index contributed by atoms with van der Waals surface area (Å²) in [6, 6.07) is 10.7. The largest absolute Gasteiger partial charge is 0.264 e. The Labute approximate surface area is 159 Å². The van der Waals surface area contributed by atoms with E-state index in [4.69, 9.17) is 0 Å². The smallest absolute Gasteiger partial charge is 0.255 e. The summed E-state index contributed by atoms with van der Waals surface area (Å²) in [5.41, 5.74) is 1.28. The topological polar surface area (TPSA) is 59.1 Å². The third kappa shape index (κ3) is 3.85. The zero-order valence-corrected chi connectivity index (χ0v) is 16.6. The molecule has 2 aromatic carbocycles. The average molecular weight is 492 g/mol. The van der Waals surface area contributed by atoms with Gasteiger partial charge in [-0.05, 0) is 58.4 Å². The van der Waals surface area contributed by atoms with Crippen molar-refractivity contribution in [3.05, 3.63) is 62.6 Å². The van der Waals surface area contributed by atoms with Gasteiger partial charge in [0.2, 0.25) is 0 Å². The number of hydrogen-bond acceptors (Lipinski definition) is 4. The van der Waals surface area contributed by atoms with Crippen LogP contribution in [-0.2, 0) is 10.0 Å². The number of hydrogen-bond donors (Lipinski definition) is 1. The van der Waals surface area contributed by atoms with E-state index < -0.39 is 10.0 Å². The molecule has 0 bridgehead atoms. The minimum Gasteiger partial charge on any atom is -0.255 e. The molecule has 0 saturated heterocycles. The fourth-order valence-electron chi connectivity index (χ4n) is 1.93. The Kier molecular flexibility index (Phi) is 5.05. The number of nitrogens with one attached hydrogen (secondary N) is 1. The summed E-state index contributed by atoms with van der Waals surface area (Å²) in [5, 5.41) is 1.95. The molecule has 0 fully saturated rings. The van der Waals surface area contributed by atoms with Gasteiger partial charge in [-0.3, -0.25) is 4.72 Å². The Hall–Kier alpha value is -1.29. The summed E-state index contributed by atoms with van der Waals surface area (Å²) in [4.78, 5) is 4.36. The lowest BCUT2D eigenvalue weighted by Crippen LogP contribution is -2.13. The molecule has 124 valence electrons. The summed E-state index contributed by atoms with van der Waals surface area (Å²) >= 11 is 7.65. The molecule has 3 rings (SSSR count). The van der Waals surface area contributed by atoms with Gasteiger partial charge >= 0.3 is 0 Å². The number of rotatable bonds is 4. The highest BCUT2D eigenvalue weighted by atomic mass is 79.9. The Morgan fingerprint density at radius 2 is 1.79 bits per heavy atom. The van der Waals surface area contributed by atoms with E-state index in [-0.39, 0.29) is 15.8 Å². The Bertz CT molecular complexity index is 989. The SMILES string of the molecule is O=S(=O)(Nc1nc(-c2ccc(F)cc2)cs1)c1cc(Br)ccc1Br. The van der Waals surface area contributed by atoms with Crippen LogP contribution in [0.5, 0.6) is 0 Å². The van der Waals surface area contributed by atoms with Gasteiger partial charge in [0, 0.05) is 19.9 Å². The zero-order valence-electron chi connectivity index (χ0n) is 11.8. The molecule has 1 heterocycles. The first-order chi connectivity index (χ1) is 11.3. The van der Waals surface area contributed by atoms with Crippen molar-refractivity contribution in [3.63, 3.8) is 0 Å². The maximum Gasteiger partial charge on any atom is 0.264 e. The predicted octanol–water partition coefficient (Wildman–Crippen LogP) is 5.28. The molecule has 4 nitrogen and oxygen atoms in total. The second-order valence-electron chi connectivity index (χ2n) is 4.73. The Balaban J connectivity index is 1.88. The molecule has 0 aliphatic carbocycles. The summed E-state index contributed by atoms with van der Waals surface area (Å²) in [7, 11) is -3.78. The van der Waals surface area contributed by atoms with Gasteiger partial charge in [-0.2, -0.15) is 0 Å². The molecular weight excluding hydrogens is 483 g/mol. The van der Waals surface area contributed by atoms with Crippen molar-refractivity contribution in [1.29, 1.82) is 0 Å². The summed E-state index contributed by atoms with van der Waals surface area (Å²) in [6.45, 7) is 0. The van der Waals surface area contributed by atoms with Gasteiger partial charge in [-0.25, -0.2) is 17.8 Å². The van der Waals surface area contributed by atoms with Crippen LogP contribution in [0, 0.1) is 5.82 Å². The highest BCUT2D eigenvalue weighted by Crippen LogP contribution is 2.30. The van der Waals surface area contributed by atoms with Gasteiger partial charge in [0.1, 0.15) is 10.7 Å². The first kappa shape index (κ1) is 17.5. The fraction of sp³-hybridized carbons (Fsp3) is 0. The minimum atomic E-state index is -3.78. The second-order valence-corrected chi connectivity index (χ2v) is 9.00. The molecule has 0 saturated carbocycles. The maximum absolute atomic E-state index is 13.0. The van der Waals surface area contributed by atoms with Crippen molar-refractivity contribution in [1.82, 2.24) is 4.98 Å². The van der Waals surface area contributed by atoms with Gasteiger partial charge < -0.3 is 0 Å². The van der Waals surface area contributed by atoms with E-state index in [0.29, 0.717) is 20.2 Å². The molecule has 0 radical (unpaired) electrons. The quantitative estimate of drug-likeness (QED) is 0.540. The highest BCUT2D eigenvalue weighted by molar-refractivity contribution is 9.11. The minimum absolute atomic E-state index is 0.107. The van der Waals surface area contributed by atoms with E-state index in [9.17, 15) is 12.8 Å². The van der Waals surface area contributed by atoms with Crippen LogP contribution in [0.3, 0.4) is 0 Å². The first-order valence-corrected chi connectivity index (χ1v) is 10.5. The second kappa shape index (κ2) is 6.91. The van der Waals surface area contributed by atoms with E-state index >= 15 is 0 Å². The van der Waals surface area contributed by atoms with Crippen molar-refractivity contribution >= 4 is 58.4 Å². The summed E-state index contributed by atoms with van der Waals surface area (Å²) in [5.74, 6) is -0.339. The number of anilines is 1. The molecule has 0 aliphatic heterocycles. The van der Waals surface area contributed by atoms with Gasteiger partial charge in [-0.1, -0.05) is 15.9 Å². The van der Waals surface area contributed by atoms with E-state index in [1.807, 2.05) is 0 Å². The van der Waals surface area contributed by atoms with Gasteiger partial charge in [0.25, 0.3) is 10.0 Å². The lowest BCUT2D eigenvalue weighted by atomic mass is 10.2. The summed E-state index contributed by atoms with van der Waals surface area (Å²) in [6.07, 6.45) is 0. The molecule has 0 spiro atoms. The van der Waals surface area contributed by atoms with E-state index in [2.05, 4.69) is 41.6 Å². The van der Waals surface area contributed by atoms with Gasteiger partial charge in [0.05, 0.1) is 5.69 Å². The van der Waals surface area contributed by atoms with Gasteiger partial charge in [0.15, 0.2) is 5.13 Å². The molecule has 0 unspecified atom stereocenters. The molecule has 0 atom stereocenters. The van der Waals surface area contributed by atoms with Gasteiger partial charge in [-0.15, -0.1) is 11.3 Å². The molecular formula is C15H9Br2FN2O2S2. The van der Waals surface area contributed by atoms with Crippen LogP contribution in [0.1, 0.15) is 0 Å². The van der Waals surface area contributed by atoms with Crippen LogP contribution < -0.4 is 4.72 Å². The highest BCUT2D eigenvalue weighted by Gasteiger charge is 2.20. The Morgan fingerprint density at radius 3 is 2.50 bits per heavy atom. The Morgan fingerprint density at radius 1 is 1.08 bits per heavy atom. The third-order valence-electron chi connectivity index (χ3n) is 3.05. The summed E-state index contributed by atoms with van der Waals surface area (Å²) < 4.78 is 41.6. The lowest BCUT2D eigenvalue weighted by molar-refractivity contribution is 0.600.